The smallest absolute Gasteiger partial charge is 0.273 e. The molecule has 1 aromatic carbocycles. The van der Waals surface area contributed by atoms with Crippen molar-refractivity contribution in [2.24, 2.45) is 0 Å². The monoisotopic (exact) mass is 435 g/mol. The molecule has 3 rings (SSSR count). The van der Waals surface area contributed by atoms with Crippen molar-refractivity contribution >= 4 is 50.4 Å². The zero-order chi connectivity index (χ0) is 17.8. The molecule has 0 atom stereocenters. The fourth-order valence-corrected chi connectivity index (χ4v) is 4.16. The Kier molecular flexibility index (Phi) is 5.62. The third-order valence-corrected chi connectivity index (χ3v) is 5.87. The van der Waals surface area contributed by atoms with Gasteiger partial charge in [-0.1, -0.05) is 29.8 Å². The average molecular weight is 436 g/mol. The minimum atomic E-state index is -0.345. The molecule has 25 heavy (non-hydrogen) atoms. The number of carbonyl (C=O) groups is 2. The van der Waals surface area contributed by atoms with Gasteiger partial charge in [0.1, 0.15) is 5.01 Å². The first-order valence-corrected chi connectivity index (χ1v) is 9.86. The van der Waals surface area contributed by atoms with Gasteiger partial charge in [0, 0.05) is 10.9 Å². The molecule has 0 unspecified atom stereocenters. The van der Waals surface area contributed by atoms with Crippen LogP contribution in [0.2, 0.25) is 0 Å². The summed E-state index contributed by atoms with van der Waals surface area (Å²) < 4.78 is 0.857. The van der Waals surface area contributed by atoms with E-state index in [9.17, 15) is 9.59 Å². The van der Waals surface area contributed by atoms with Gasteiger partial charge in [-0.2, -0.15) is 0 Å². The first-order chi connectivity index (χ1) is 12.0. The number of thiazole rings is 1. The van der Waals surface area contributed by atoms with Crippen LogP contribution in [-0.4, -0.2) is 16.8 Å². The fourth-order valence-electron chi connectivity index (χ4n) is 2.05. The number of hydrazine groups is 1. The van der Waals surface area contributed by atoms with Gasteiger partial charge in [-0.3, -0.25) is 20.4 Å². The Morgan fingerprint density at radius 2 is 1.88 bits per heavy atom. The third-order valence-electron chi connectivity index (χ3n) is 3.30. The molecule has 8 heteroatoms. The Bertz CT molecular complexity index is 903. The maximum Gasteiger partial charge on any atom is 0.279 e. The van der Waals surface area contributed by atoms with Gasteiger partial charge in [0.15, 0.2) is 0 Å². The molecule has 128 valence electrons. The molecule has 0 spiro atoms. The van der Waals surface area contributed by atoms with Crippen molar-refractivity contribution in [1.82, 2.24) is 15.8 Å². The number of rotatable bonds is 4. The molecule has 0 aliphatic rings. The number of thiophene rings is 1. The van der Waals surface area contributed by atoms with Crippen molar-refractivity contribution in [3.8, 4) is 10.6 Å². The van der Waals surface area contributed by atoms with Gasteiger partial charge in [-0.05, 0) is 35.0 Å². The van der Waals surface area contributed by atoms with E-state index >= 15 is 0 Å². The van der Waals surface area contributed by atoms with Gasteiger partial charge in [-0.25, -0.2) is 4.98 Å². The number of aryl methyl sites for hydroxylation is 1. The Morgan fingerprint density at radius 3 is 2.56 bits per heavy atom. The van der Waals surface area contributed by atoms with E-state index in [2.05, 4.69) is 31.8 Å². The van der Waals surface area contributed by atoms with E-state index in [4.69, 9.17) is 0 Å². The predicted octanol–water partition coefficient (Wildman–Crippen LogP) is 3.95. The van der Waals surface area contributed by atoms with Crippen LogP contribution in [0.4, 0.5) is 0 Å². The van der Waals surface area contributed by atoms with E-state index in [0.29, 0.717) is 10.6 Å². The molecule has 2 N–H and O–H groups in total. The van der Waals surface area contributed by atoms with E-state index in [1.807, 2.05) is 36.6 Å². The van der Waals surface area contributed by atoms with Gasteiger partial charge in [0.2, 0.25) is 5.91 Å². The largest absolute Gasteiger partial charge is 0.279 e. The lowest BCUT2D eigenvalue weighted by molar-refractivity contribution is -0.121. The van der Waals surface area contributed by atoms with Crippen molar-refractivity contribution in [1.29, 1.82) is 0 Å². The summed E-state index contributed by atoms with van der Waals surface area (Å²) in [5.41, 5.74) is 7.70. The number of aromatic nitrogens is 1. The first-order valence-electron chi connectivity index (χ1n) is 7.37. The number of halogens is 1. The molecule has 5 nitrogen and oxygen atoms in total. The van der Waals surface area contributed by atoms with Gasteiger partial charge in [-0.15, -0.1) is 22.7 Å². The molecule has 0 aliphatic carbocycles. The molecule has 0 saturated carbocycles. The lowest BCUT2D eigenvalue weighted by atomic mass is 10.2. The maximum absolute atomic E-state index is 12.0. The Labute approximate surface area is 161 Å². The van der Waals surface area contributed by atoms with Crippen LogP contribution in [0.3, 0.4) is 0 Å². The Balaban J connectivity index is 1.55. The molecule has 2 aromatic heterocycles. The summed E-state index contributed by atoms with van der Waals surface area (Å²) in [6, 6.07) is 11.5. The van der Waals surface area contributed by atoms with Gasteiger partial charge < -0.3 is 0 Å². The van der Waals surface area contributed by atoms with Crippen LogP contribution in [0, 0.1) is 6.92 Å². The summed E-state index contributed by atoms with van der Waals surface area (Å²) in [6.45, 7) is 2.03. The lowest BCUT2D eigenvalue weighted by Crippen LogP contribution is -2.42. The van der Waals surface area contributed by atoms with Crippen molar-refractivity contribution < 1.29 is 9.59 Å². The minimum absolute atomic E-state index is 0.108. The number of benzene rings is 1. The van der Waals surface area contributed by atoms with Gasteiger partial charge in [0.05, 0.1) is 20.8 Å². The minimum Gasteiger partial charge on any atom is -0.273 e. The highest BCUT2D eigenvalue weighted by atomic mass is 79.9. The summed E-state index contributed by atoms with van der Waals surface area (Å²) in [7, 11) is 0. The summed E-state index contributed by atoms with van der Waals surface area (Å²) in [6.07, 6.45) is 0.108. The maximum atomic E-state index is 12.0. The molecule has 0 aliphatic heterocycles. The highest BCUT2D eigenvalue weighted by Crippen LogP contribution is 2.24. The number of nitrogens with one attached hydrogen (secondary N) is 2. The quantitative estimate of drug-likeness (QED) is 0.609. The van der Waals surface area contributed by atoms with E-state index in [1.165, 1.54) is 28.2 Å². The molecule has 0 radical (unpaired) electrons. The summed E-state index contributed by atoms with van der Waals surface area (Å²) in [5, 5.41) is 2.72. The summed E-state index contributed by atoms with van der Waals surface area (Å²) in [5.74, 6) is -0.660. The highest BCUT2D eigenvalue weighted by molar-refractivity contribution is 9.11. The average Bonchev–Trinajstić information content (AvgIpc) is 3.22. The second-order valence-electron chi connectivity index (χ2n) is 5.29. The fraction of sp³-hybridized carbons (Fsp3) is 0.118. The zero-order valence-electron chi connectivity index (χ0n) is 13.2. The molecule has 2 heterocycles. The van der Waals surface area contributed by atoms with Crippen molar-refractivity contribution in [3.05, 3.63) is 61.7 Å². The molecule has 0 bridgehead atoms. The Morgan fingerprint density at radius 1 is 1.12 bits per heavy atom. The second kappa shape index (κ2) is 7.90. The molecule has 0 fully saturated rings. The molecule has 2 amide bonds. The van der Waals surface area contributed by atoms with Crippen molar-refractivity contribution in [2.45, 2.75) is 13.3 Å². The van der Waals surface area contributed by atoms with Crippen LogP contribution < -0.4 is 10.9 Å². The van der Waals surface area contributed by atoms with E-state index in [1.54, 1.807) is 12.1 Å². The van der Waals surface area contributed by atoms with Gasteiger partial charge in [0.25, 0.3) is 5.91 Å². The van der Waals surface area contributed by atoms with E-state index < -0.39 is 0 Å². The predicted molar refractivity (Wildman–Crippen MR) is 104 cm³/mol. The standard InChI is InChI=1S/C17H14BrN3O2S2/c1-10-2-4-11(5-3-10)17-19-12(9-24-17)8-15(22)20-21-16(23)13-6-7-14(18)25-13/h2-7,9H,8H2,1H3,(H,20,22)(H,21,23). The molecular weight excluding hydrogens is 422 g/mol. The van der Waals surface area contributed by atoms with Crippen LogP contribution in [-0.2, 0) is 11.2 Å². The normalized spacial score (nSPS) is 10.5. The Hall–Kier alpha value is -2.03. The zero-order valence-corrected chi connectivity index (χ0v) is 16.4. The van der Waals surface area contributed by atoms with E-state index in [0.717, 1.165) is 14.4 Å². The number of hydrogen-bond acceptors (Lipinski definition) is 5. The summed E-state index contributed by atoms with van der Waals surface area (Å²) in [4.78, 5) is 28.9. The number of hydrogen-bond donors (Lipinski definition) is 2. The van der Waals surface area contributed by atoms with Crippen molar-refractivity contribution in [2.75, 3.05) is 0 Å². The van der Waals surface area contributed by atoms with Crippen LogP contribution >= 0.6 is 38.6 Å². The van der Waals surface area contributed by atoms with Crippen LogP contribution in [0.25, 0.3) is 10.6 Å². The molecular formula is C17H14BrN3O2S2. The third kappa shape index (κ3) is 4.75. The second-order valence-corrected chi connectivity index (χ2v) is 8.61. The summed E-state index contributed by atoms with van der Waals surface area (Å²) >= 11 is 6.08. The first kappa shape index (κ1) is 17.8. The van der Waals surface area contributed by atoms with E-state index in [-0.39, 0.29) is 18.2 Å². The highest BCUT2D eigenvalue weighted by Gasteiger charge is 2.12. The topological polar surface area (TPSA) is 71.1 Å². The molecule has 0 saturated heterocycles. The number of amides is 2. The lowest BCUT2D eigenvalue weighted by Gasteiger charge is -2.05. The number of carbonyl (C=O) groups excluding carboxylic acids is 2. The van der Waals surface area contributed by atoms with Gasteiger partial charge >= 0.3 is 0 Å². The van der Waals surface area contributed by atoms with Crippen LogP contribution in [0.5, 0.6) is 0 Å². The SMILES string of the molecule is Cc1ccc(-c2nc(CC(=O)NNC(=O)c3ccc(Br)s3)cs2)cc1. The van der Waals surface area contributed by atoms with Crippen LogP contribution in [0.15, 0.2) is 45.6 Å². The molecule has 3 aromatic rings. The van der Waals surface area contributed by atoms with Crippen molar-refractivity contribution in [3.63, 3.8) is 0 Å². The van der Waals surface area contributed by atoms with Crippen LogP contribution in [0.1, 0.15) is 20.9 Å². The number of nitrogens with zero attached hydrogens (tertiary/aromatic N) is 1.